The molecule has 0 aromatic heterocycles. The number of nitrogens with two attached hydrogens (primary N) is 1. The summed E-state index contributed by atoms with van der Waals surface area (Å²) in [6, 6.07) is 3.28. The van der Waals surface area contributed by atoms with E-state index in [1.54, 1.807) is 6.07 Å². The van der Waals surface area contributed by atoms with Gasteiger partial charge in [0.15, 0.2) is 11.5 Å². The number of rotatable bonds is 4. The van der Waals surface area contributed by atoms with Crippen molar-refractivity contribution in [1.82, 2.24) is 0 Å². The van der Waals surface area contributed by atoms with Crippen LogP contribution in [-0.4, -0.2) is 24.7 Å². The molecule has 1 aromatic carbocycles. The van der Waals surface area contributed by atoms with Crippen molar-refractivity contribution in [2.45, 2.75) is 18.9 Å². The monoisotopic (exact) mass is 217 g/mol. The van der Waals surface area contributed by atoms with Crippen molar-refractivity contribution < 1.29 is 18.6 Å². The molecule has 0 amide bonds. The van der Waals surface area contributed by atoms with E-state index in [0.29, 0.717) is 11.3 Å². The van der Waals surface area contributed by atoms with E-state index in [1.165, 1.54) is 19.2 Å². The van der Waals surface area contributed by atoms with Gasteiger partial charge in [-0.2, -0.15) is 0 Å². The van der Waals surface area contributed by atoms with Gasteiger partial charge in [0.2, 0.25) is 0 Å². The van der Waals surface area contributed by atoms with E-state index < -0.39 is 12.5 Å². The molecule has 84 valence electrons. The fraction of sp³-hybridized carbons (Fsp3) is 0.400. The van der Waals surface area contributed by atoms with Gasteiger partial charge in [-0.3, -0.25) is 0 Å². The maximum Gasteiger partial charge on any atom is 0.253 e. The largest absolute Gasteiger partial charge is 0.504 e. The second-order valence-electron chi connectivity index (χ2n) is 3.21. The summed E-state index contributed by atoms with van der Waals surface area (Å²) in [5, 5.41) is 9.39. The highest BCUT2D eigenvalue weighted by molar-refractivity contribution is 5.41. The Balaban J connectivity index is 2.75. The van der Waals surface area contributed by atoms with Crippen LogP contribution in [-0.2, 0) is 6.42 Å². The lowest BCUT2D eigenvalue weighted by atomic mass is 10.1. The van der Waals surface area contributed by atoms with E-state index >= 15 is 0 Å². The summed E-state index contributed by atoms with van der Waals surface area (Å²) in [4.78, 5) is 0. The molecule has 1 aromatic rings. The molecule has 0 aliphatic rings. The third-order valence-electron chi connectivity index (χ3n) is 2.04. The van der Waals surface area contributed by atoms with Crippen LogP contribution in [0.25, 0.3) is 0 Å². The molecular weight excluding hydrogens is 204 g/mol. The number of phenolic OH excluding ortho intramolecular Hbond substituents is 1. The van der Waals surface area contributed by atoms with Crippen LogP contribution in [0, 0.1) is 0 Å². The Morgan fingerprint density at radius 1 is 1.47 bits per heavy atom. The lowest BCUT2D eigenvalue weighted by Gasteiger charge is -2.11. The Labute approximate surface area is 86.5 Å². The van der Waals surface area contributed by atoms with Crippen LogP contribution in [0.3, 0.4) is 0 Å². The summed E-state index contributed by atoms with van der Waals surface area (Å²) in [6.07, 6.45) is -2.54. The summed E-state index contributed by atoms with van der Waals surface area (Å²) in [5.41, 5.74) is 5.76. The fourth-order valence-corrected chi connectivity index (χ4v) is 1.22. The average Bonchev–Trinajstić information content (AvgIpc) is 2.18. The van der Waals surface area contributed by atoms with Crippen LogP contribution < -0.4 is 10.5 Å². The molecule has 1 rings (SSSR count). The van der Waals surface area contributed by atoms with Crippen molar-refractivity contribution in [2.75, 3.05) is 7.11 Å². The molecule has 0 fully saturated rings. The lowest BCUT2D eigenvalue weighted by Crippen LogP contribution is -2.30. The minimum absolute atomic E-state index is 0.0230. The van der Waals surface area contributed by atoms with Crippen molar-refractivity contribution >= 4 is 0 Å². The molecule has 0 heterocycles. The number of phenols is 1. The van der Waals surface area contributed by atoms with Crippen LogP contribution >= 0.6 is 0 Å². The molecule has 5 heteroatoms. The topological polar surface area (TPSA) is 55.5 Å². The Morgan fingerprint density at radius 2 is 2.13 bits per heavy atom. The summed E-state index contributed by atoms with van der Waals surface area (Å²) < 4.78 is 29.1. The molecule has 1 unspecified atom stereocenters. The van der Waals surface area contributed by atoms with Gasteiger partial charge in [-0.15, -0.1) is 0 Å². The molecule has 15 heavy (non-hydrogen) atoms. The molecule has 0 bridgehead atoms. The van der Waals surface area contributed by atoms with Crippen molar-refractivity contribution in [1.29, 1.82) is 0 Å². The maximum atomic E-state index is 12.1. The first-order valence-electron chi connectivity index (χ1n) is 4.44. The Bertz CT molecular complexity index is 331. The number of aromatic hydroxyl groups is 1. The minimum atomic E-state index is -2.56. The van der Waals surface area contributed by atoms with Gasteiger partial charge in [0.25, 0.3) is 6.43 Å². The summed E-state index contributed by atoms with van der Waals surface area (Å²) in [6.45, 7) is 0. The number of methoxy groups -OCH3 is 1. The quantitative estimate of drug-likeness (QED) is 0.804. The van der Waals surface area contributed by atoms with E-state index in [9.17, 15) is 13.9 Å². The zero-order chi connectivity index (χ0) is 11.4. The molecule has 0 aliphatic carbocycles. The van der Waals surface area contributed by atoms with E-state index in [4.69, 9.17) is 10.5 Å². The van der Waals surface area contributed by atoms with Crippen molar-refractivity contribution in [2.24, 2.45) is 5.73 Å². The molecule has 1 atom stereocenters. The molecule has 0 aliphatic heterocycles. The Kier molecular flexibility index (Phi) is 3.85. The predicted molar refractivity (Wildman–Crippen MR) is 52.3 cm³/mol. The van der Waals surface area contributed by atoms with Gasteiger partial charge in [0.1, 0.15) is 0 Å². The third kappa shape index (κ3) is 3.06. The fourth-order valence-electron chi connectivity index (χ4n) is 1.22. The Morgan fingerprint density at radius 3 is 2.60 bits per heavy atom. The number of hydrogen-bond acceptors (Lipinski definition) is 3. The van der Waals surface area contributed by atoms with Crippen LogP contribution in [0.4, 0.5) is 8.78 Å². The van der Waals surface area contributed by atoms with Crippen LogP contribution in [0.5, 0.6) is 11.5 Å². The van der Waals surface area contributed by atoms with Gasteiger partial charge >= 0.3 is 0 Å². The van der Waals surface area contributed by atoms with Gasteiger partial charge in [-0.25, -0.2) is 8.78 Å². The molecular formula is C10H13F2NO2. The number of alkyl halides is 2. The van der Waals surface area contributed by atoms with Gasteiger partial charge in [-0.05, 0) is 24.1 Å². The van der Waals surface area contributed by atoms with Crippen LogP contribution in [0.1, 0.15) is 5.56 Å². The van der Waals surface area contributed by atoms with Crippen molar-refractivity contribution in [3.05, 3.63) is 23.8 Å². The number of halogens is 2. The maximum absolute atomic E-state index is 12.1. The SMILES string of the molecule is COc1ccc(CC(N)C(F)F)cc1O. The van der Waals surface area contributed by atoms with Gasteiger partial charge in [0, 0.05) is 0 Å². The van der Waals surface area contributed by atoms with Gasteiger partial charge < -0.3 is 15.6 Å². The molecule has 0 radical (unpaired) electrons. The van der Waals surface area contributed by atoms with Gasteiger partial charge in [0.05, 0.1) is 13.2 Å². The van der Waals surface area contributed by atoms with Crippen LogP contribution in [0.2, 0.25) is 0 Å². The zero-order valence-corrected chi connectivity index (χ0v) is 8.28. The van der Waals surface area contributed by atoms with Crippen molar-refractivity contribution in [3.8, 4) is 11.5 Å². The first kappa shape index (κ1) is 11.7. The average molecular weight is 217 g/mol. The zero-order valence-electron chi connectivity index (χ0n) is 8.28. The van der Waals surface area contributed by atoms with Crippen LogP contribution in [0.15, 0.2) is 18.2 Å². The molecule has 0 saturated heterocycles. The Hall–Kier alpha value is -1.36. The molecule has 0 spiro atoms. The highest BCUT2D eigenvalue weighted by atomic mass is 19.3. The highest BCUT2D eigenvalue weighted by Crippen LogP contribution is 2.26. The van der Waals surface area contributed by atoms with Gasteiger partial charge in [-0.1, -0.05) is 6.07 Å². The summed E-state index contributed by atoms with van der Waals surface area (Å²) in [5.74, 6) is 0.237. The lowest BCUT2D eigenvalue weighted by molar-refractivity contribution is 0.116. The van der Waals surface area contributed by atoms with Crippen molar-refractivity contribution in [3.63, 3.8) is 0 Å². The van der Waals surface area contributed by atoms with E-state index in [2.05, 4.69) is 0 Å². The van der Waals surface area contributed by atoms with E-state index in [0.717, 1.165) is 0 Å². The second-order valence-corrected chi connectivity index (χ2v) is 3.21. The summed E-state index contributed by atoms with van der Waals surface area (Å²) >= 11 is 0. The van der Waals surface area contributed by atoms with E-state index in [-0.39, 0.29) is 12.2 Å². The minimum Gasteiger partial charge on any atom is -0.504 e. The molecule has 3 N–H and O–H groups in total. The first-order valence-corrected chi connectivity index (χ1v) is 4.44. The smallest absolute Gasteiger partial charge is 0.253 e. The second kappa shape index (κ2) is 4.93. The number of benzene rings is 1. The third-order valence-corrected chi connectivity index (χ3v) is 2.04. The van der Waals surface area contributed by atoms with E-state index in [1.807, 2.05) is 0 Å². The first-order chi connectivity index (χ1) is 7.04. The summed E-state index contributed by atoms with van der Waals surface area (Å²) in [7, 11) is 1.42. The normalized spacial score (nSPS) is 12.9. The predicted octanol–water partition coefficient (Wildman–Crippen LogP) is 1.54. The number of ether oxygens (including phenoxy) is 1. The molecule has 3 nitrogen and oxygen atoms in total. The highest BCUT2D eigenvalue weighted by Gasteiger charge is 2.16. The number of hydrogen-bond donors (Lipinski definition) is 2. The standard InChI is InChI=1S/C10H13F2NO2/c1-15-9-3-2-6(5-8(9)14)4-7(13)10(11)12/h2-3,5,7,10,14H,4,13H2,1H3. The molecule has 0 saturated carbocycles.